The topological polar surface area (TPSA) is 106 Å². The van der Waals surface area contributed by atoms with Gasteiger partial charge in [0.25, 0.3) is 5.91 Å². The number of anilines is 1. The van der Waals surface area contributed by atoms with Gasteiger partial charge in [-0.05, 0) is 62.5 Å². The van der Waals surface area contributed by atoms with Gasteiger partial charge in [-0.25, -0.2) is 22.6 Å². The molecular formula is C27H29F2N5O4S. The Morgan fingerprint density at radius 1 is 1.05 bits per heavy atom. The Morgan fingerprint density at radius 2 is 1.79 bits per heavy atom. The van der Waals surface area contributed by atoms with Crippen LogP contribution in [0.15, 0.2) is 70.6 Å². The van der Waals surface area contributed by atoms with Gasteiger partial charge in [0.2, 0.25) is 9.84 Å². The third-order valence-electron chi connectivity index (χ3n) is 5.91. The zero-order chi connectivity index (χ0) is 28.2. The molecule has 1 aromatic heterocycles. The van der Waals surface area contributed by atoms with Gasteiger partial charge in [-0.1, -0.05) is 12.1 Å². The van der Waals surface area contributed by atoms with E-state index >= 15 is 0 Å². The summed E-state index contributed by atoms with van der Waals surface area (Å²) in [6.45, 7) is 1.80. The fourth-order valence-corrected chi connectivity index (χ4v) is 5.48. The summed E-state index contributed by atoms with van der Waals surface area (Å²) < 4.78 is 58.4. The van der Waals surface area contributed by atoms with E-state index in [1.165, 1.54) is 29.2 Å². The molecular weight excluding hydrogens is 528 g/mol. The fraction of sp³-hybridized carbons (Fsp3) is 0.259. The highest BCUT2D eigenvalue weighted by atomic mass is 32.2. The quantitative estimate of drug-likeness (QED) is 0.268. The van der Waals surface area contributed by atoms with E-state index < -0.39 is 32.3 Å². The van der Waals surface area contributed by atoms with E-state index in [1.54, 1.807) is 13.2 Å². The van der Waals surface area contributed by atoms with Crippen molar-refractivity contribution < 1.29 is 26.7 Å². The summed E-state index contributed by atoms with van der Waals surface area (Å²) in [5.41, 5.74) is 5.25. The first-order valence-electron chi connectivity index (χ1n) is 12.1. The van der Waals surface area contributed by atoms with Gasteiger partial charge in [-0.3, -0.25) is 4.79 Å². The van der Waals surface area contributed by atoms with E-state index in [0.29, 0.717) is 47.9 Å². The van der Waals surface area contributed by atoms with Crippen molar-refractivity contribution >= 4 is 32.3 Å². The van der Waals surface area contributed by atoms with E-state index in [1.807, 2.05) is 31.1 Å². The van der Waals surface area contributed by atoms with Gasteiger partial charge in [-0.2, -0.15) is 9.89 Å². The molecule has 0 radical (unpaired) electrons. The minimum absolute atomic E-state index is 0.162. The molecule has 1 amide bonds. The number of sulfone groups is 1. The van der Waals surface area contributed by atoms with Gasteiger partial charge in [-0.15, -0.1) is 0 Å². The van der Waals surface area contributed by atoms with E-state index in [4.69, 9.17) is 4.74 Å². The van der Waals surface area contributed by atoms with Crippen LogP contribution in [0.1, 0.15) is 22.3 Å². The number of ether oxygens (including phenoxy) is 1. The van der Waals surface area contributed by atoms with Crippen molar-refractivity contribution in [2.45, 2.75) is 22.8 Å². The summed E-state index contributed by atoms with van der Waals surface area (Å²) in [7, 11) is 1.32. The third-order valence-corrected chi connectivity index (χ3v) is 7.64. The Labute approximate surface area is 225 Å². The number of aromatic nitrogens is 2. The standard InChI is InChI=1S/C27H29F2N5O4S/c1-33(2)17-18-6-4-7-24(26(18)30-10-5-11-38-3)27(35)32-34-25-9-8-22(12-19(25)16-31-34)39(36,37)23-14-20(28)13-21(29)15-23/h4,6-9,12-16,30H,5,10-11,17H2,1-3H3,(H,32,35). The molecule has 1 heterocycles. The highest BCUT2D eigenvalue weighted by molar-refractivity contribution is 7.91. The minimum atomic E-state index is -4.19. The molecule has 2 N–H and O–H groups in total. The molecule has 4 rings (SSSR count). The number of methoxy groups -OCH3 is 1. The summed E-state index contributed by atoms with van der Waals surface area (Å²) in [5, 5.41) is 7.96. The first kappa shape index (κ1) is 28.1. The number of carbonyl (C=O) groups is 1. The number of nitrogens with one attached hydrogen (secondary N) is 2. The average Bonchev–Trinajstić information content (AvgIpc) is 3.28. The van der Waals surface area contributed by atoms with Crippen molar-refractivity contribution in [1.29, 1.82) is 0 Å². The van der Waals surface area contributed by atoms with Crippen LogP contribution in [-0.4, -0.2) is 63.5 Å². The van der Waals surface area contributed by atoms with Gasteiger partial charge in [0.15, 0.2) is 0 Å². The lowest BCUT2D eigenvalue weighted by atomic mass is 10.1. The molecule has 0 aliphatic heterocycles. The molecule has 0 aliphatic carbocycles. The van der Waals surface area contributed by atoms with Crippen LogP contribution in [0.5, 0.6) is 0 Å². The molecule has 9 nitrogen and oxygen atoms in total. The Kier molecular flexibility index (Phi) is 8.58. The van der Waals surface area contributed by atoms with E-state index in [-0.39, 0.29) is 4.90 Å². The van der Waals surface area contributed by atoms with Crippen LogP contribution in [0.3, 0.4) is 0 Å². The maximum absolute atomic E-state index is 13.6. The number of para-hydroxylation sites is 1. The molecule has 0 fully saturated rings. The van der Waals surface area contributed by atoms with Crippen LogP contribution in [0.2, 0.25) is 0 Å². The summed E-state index contributed by atoms with van der Waals surface area (Å²) in [5.74, 6) is -2.40. The SMILES string of the molecule is COCCCNc1c(CN(C)C)cccc1C(=O)Nn1ncc2cc(S(=O)(=O)c3cc(F)cc(F)c3)ccc21. The van der Waals surface area contributed by atoms with Crippen molar-refractivity contribution in [3.8, 4) is 0 Å². The largest absolute Gasteiger partial charge is 0.385 e. The molecule has 4 aromatic rings. The molecule has 0 unspecified atom stereocenters. The first-order valence-corrected chi connectivity index (χ1v) is 13.6. The molecule has 12 heteroatoms. The van der Waals surface area contributed by atoms with Crippen LogP contribution < -0.4 is 10.7 Å². The minimum Gasteiger partial charge on any atom is -0.385 e. The van der Waals surface area contributed by atoms with Crippen molar-refractivity contribution in [2.75, 3.05) is 45.1 Å². The number of carbonyl (C=O) groups excluding carboxylic acids is 1. The summed E-state index contributed by atoms with van der Waals surface area (Å²) in [6.07, 6.45) is 2.15. The Morgan fingerprint density at radius 3 is 2.49 bits per heavy atom. The van der Waals surface area contributed by atoms with Gasteiger partial charge in [0, 0.05) is 38.3 Å². The van der Waals surface area contributed by atoms with Crippen LogP contribution in [0.4, 0.5) is 14.5 Å². The maximum atomic E-state index is 13.6. The smallest absolute Gasteiger partial charge is 0.273 e. The van der Waals surface area contributed by atoms with Gasteiger partial charge < -0.3 is 15.0 Å². The Hall–Kier alpha value is -3.87. The van der Waals surface area contributed by atoms with Crippen molar-refractivity contribution in [1.82, 2.24) is 14.8 Å². The summed E-state index contributed by atoms with van der Waals surface area (Å²) in [4.78, 5) is 16.0. The van der Waals surface area contributed by atoms with Crippen molar-refractivity contribution in [3.63, 3.8) is 0 Å². The number of benzene rings is 3. The number of amides is 1. The molecule has 3 aromatic carbocycles. The molecule has 0 saturated heterocycles. The maximum Gasteiger partial charge on any atom is 0.273 e. The fourth-order valence-electron chi connectivity index (χ4n) is 4.14. The van der Waals surface area contributed by atoms with Crippen molar-refractivity contribution in [3.05, 3.63) is 83.6 Å². The predicted octanol–water partition coefficient (Wildman–Crippen LogP) is 4.04. The van der Waals surface area contributed by atoms with Crippen LogP contribution in [-0.2, 0) is 21.1 Å². The number of fused-ring (bicyclic) bond motifs is 1. The number of rotatable bonds is 11. The van der Waals surface area contributed by atoms with E-state index in [9.17, 15) is 22.0 Å². The van der Waals surface area contributed by atoms with E-state index in [0.717, 1.165) is 24.1 Å². The lowest BCUT2D eigenvalue weighted by Crippen LogP contribution is -2.26. The Balaban J connectivity index is 1.62. The molecule has 0 aliphatic rings. The summed E-state index contributed by atoms with van der Waals surface area (Å²) in [6, 6.07) is 11.7. The first-order chi connectivity index (χ1) is 18.6. The molecule has 0 bridgehead atoms. The van der Waals surface area contributed by atoms with Crippen molar-refractivity contribution in [2.24, 2.45) is 0 Å². The highest BCUT2D eigenvalue weighted by Crippen LogP contribution is 2.27. The zero-order valence-electron chi connectivity index (χ0n) is 21.7. The lowest BCUT2D eigenvalue weighted by molar-refractivity contribution is 0.101. The predicted molar refractivity (Wildman–Crippen MR) is 144 cm³/mol. The Bertz CT molecular complexity index is 1590. The lowest BCUT2D eigenvalue weighted by Gasteiger charge is -2.19. The number of hydrogen-bond donors (Lipinski definition) is 2. The second-order valence-electron chi connectivity index (χ2n) is 9.18. The van der Waals surface area contributed by atoms with Gasteiger partial charge in [0.1, 0.15) is 11.6 Å². The van der Waals surface area contributed by atoms with Crippen LogP contribution in [0.25, 0.3) is 10.9 Å². The molecule has 206 valence electrons. The summed E-state index contributed by atoms with van der Waals surface area (Å²) >= 11 is 0. The number of nitrogens with zero attached hydrogens (tertiary/aromatic N) is 3. The third kappa shape index (κ3) is 6.41. The zero-order valence-corrected chi connectivity index (χ0v) is 22.6. The highest BCUT2D eigenvalue weighted by Gasteiger charge is 2.22. The second-order valence-corrected chi connectivity index (χ2v) is 11.1. The second kappa shape index (κ2) is 11.9. The van der Waals surface area contributed by atoms with Gasteiger partial charge in [0.05, 0.1) is 32.8 Å². The van der Waals surface area contributed by atoms with Crippen LogP contribution in [0, 0.1) is 11.6 Å². The number of halogens is 2. The van der Waals surface area contributed by atoms with E-state index in [2.05, 4.69) is 15.8 Å². The molecule has 0 saturated carbocycles. The average molecular weight is 558 g/mol. The molecule has 39 heavy (non-hydrogen) atoms. The molecule has 0 atom stereocenters. The monoisotopic (exact) mass is 557 g/mol. The number of hydrogen-bond acceptors (Lipinski definition) is 7. The molecule has 0 spiro atoms. The van der Waals surface area contributed by atoms with Gasteiger partial charge >= 0.3 is 0 Å². The normalized spacial score (nSPS) is 11.7. The van der Waals surface area contributed by atoms with Crippen LogP contribution >= 0.6 is 0 Å².